The molecule has 244 valence electrons. The molecule has 0 radical (unpaired) electrons. The first-order valence-electron chi connectivity index (χ1n) is 15.3. The number of rotatable bonds is 14. The Kier molecular flexibility index (Phi) is 13.0. The number of nitrogens with two attached hydrogens (primary N) is 1. The number of halogens is 1. The minimum atomic E-state index is -1.14. The maximum atomic E-state index is 13.9. The van der Waals surface area contributed by atoms with Gasteiger partial charge >= 0.3 is 6.03 Å². The zero-order chi connectivity index (χ0) is 33.4. The Labute approximate surface area is 259 Å². The molecule has 2 rings (SSSR count). The highest BCUT2D eigenvalue weighted by Gasteiger charge is 2.43. The summed E-state index contributed by atoms with van der Waals surface area (Å²) in [6.07, 6.45) is 2.76. The van der Waals surface area contributed by atoms with Crippen molar-refractivity contribution in [1.82, 2.24) is 20.9 Å². The molecule has 1 aromatic carbocycles. The van der Waals surface area contributed by atoms with E-state index in [0.717, 1.165) is 12.8 Å². The highest BCUT2D eigenvalue weighted by molar-refractivity contribution is 6.37. The minimum absolute atomic E-state index is 0.0486. The Morgan fingerprint density at radius 3 is 2.14 bits per heavy atom. The van der Waals surface area contributed by atoms with Crippen LogP contribution in [-0.4, -0.2) is 70.9 Å². The first-order valence-corrected chi connectivity index (χ1v) is 15.3. The van der Waals surface area contributed by atoms with Gasteiger partial charge in [-0.2, -0.15) is 0 Å². The second-order valence-electron chi connectivity index (χ2n) is 13.1. The number of likely N-dealkylation sites (tertiary alicyclic amines) is 1. The number of carbonyl (C=O) groups is 6. The van der Waals surface area contributed by atoms with Crippen LogP contribution in [-0.2, 0) is 19.2 Å². The molecular formula is C32H48FN5O6. The fraction of sp³-hybridized carbons (Fsp3) is 0.625. The van der Waals surface area contributed by atoms with Gasteiger partial charge < -0.3 is 26.6 Å². The molecule has 5 amide bonds. The van der Waals surface area contributed by atoms with Crippen LogP contribution in [0, 0.1) is 23.1 Å². The summed E-state index contributed by atoms with van der Waals surface area (Å²) in [6.45, 7) is 13.0. The summed E-state index contributed by atoms with van der Waals surface area (Å²) in [4.78, 5) is 79.3. The van der Waals surface area contributed by atoms with Gasteiger partial charge in [0.15, 0.2) is 5.78 Å². The number of nitrogens with one attached hydrogen (secondary N) is 3. The highest BCUT2D eigenvalue weighted by Crippen LogP contribution is 2.26. The molecule has 0 bridgehead atoms. The Morgan fingerprint density at radius 2 is 1.61 bits per heavy atom. The molecule has 1 heterocycles. The molecule has 0 saturated carbocycles. The lowest BCUT2D eigenvalue weighted by atomic mass is 9.85. The van der Waals surface area contributed by atoms with Gasteiger partial charge in [0.2, 0.25) is 17.6 Å². The van der Waals surface area contributed by atoms with Crippen molar-refractivity contribution in [2.75, 3.05) is 6.54 Å². The molecule has 0 aliphatic carbocycles. The van der Waals surface area contributed by atoms with Crippen molar-refractivity contribution in [2.45, 2.75) is 105 Å². The number of hydrogen-bond donors (Lipinski definition) is 4. The molecule has 1 aromatic rings. The Balaban J connectivity index is 2.22. The molecule has 0 aromatic heterocycles. The van der Waals surface area contributed by atoms with Gasteiger partial charge in [-0.15, -0.1) is 0 Å². The Hall–Kier alpha value is -3.83. The summed E-state index contributed by atoms with van der Waals surface area (Å²) in [5, 5.41) is 8.03. The van der Waals surface area contributed by atoms with E-state index in [1.165, 1.54) is 29.2 Å². The average molecular weight is 618 g/mol. The number of hydrogen-bond acceptors (Lipinski definition) is 6. The van der Waals surface area contributed by atoms with Gasteiger partial charge in [0.1, 0.15) is 17.9 Å². The van der Waals surface area contributed by atoms with Gasteiger partial charge in [0, 0.05) is 12.1 Å². The van der Waals surface area contributed by atoms with Gasteiger partial charge in [-0.25, -0.2) is 9.18 Å². The summed E-state index contributed by atoms with van der Waals surface area (Å²) >= 11 is 0. The predicted molar refractivity (Wildman–Crippen MR) is 164 cm³/mol. The van der Waals surface area contributed by atoms with Crippen LogP contribution in [0.25, 0.3) is 0 Å². The van der Waals surface area contributed by atoms with Gasteiger partial charge in [-0.3, -0.25) is 24.0 Å². The molecule has 1 saturated heterocycles. The van der Waals surface area contributed by atoms with Crippen molar-refractivity contribution in [3.8, 4) is 0 Å². The Bertz CT molecular complexity index is 1210. The van der Waals surface area contributed by atoms with Crippen LogP contribution in [0.1, 0.15) is 90.9 Å². The average Bonchev–Trinajstić information content (AvgIpc) is 3.43. The highest BCUT2D eigenvalue weighted by atomic mass is 19.1. The van der Waals surface area contributed by atoms with Crippen LogP contribution >= 0.6 is 0 Å². The van der Waals surface area contributed by atoms with E-state index >= 15 is 0 Å². The third-order valence-electron chi connectivity index (χ3n) is 7.89. The van der Waals surface area contributed by atoms with E-state index in [1.54, 1.807) is 34.6 Å². The smallest absolute Gasteiger partial charge is 0.316 e. The van der Waals surface area contributed by atoms with Crippen molar-refractivity contribution >= 4 is 35.3 Å². The zero-order valence-electron chi connectivity index (χ0n) is 26.9. The normalized spacial score (nSPS) is 17.8. The molecule has 5 unspecified atom stereocenters. The van der Waals surface area contributed by atoms with Crippen LogP contribution < -0.4 is 21.7 Å². The second kappa shape index (κ2) is 15.8. The van der Waals surface area contributed by atoms with Crippen LogP contribution in [0.2, 0.25) is 0 Å². The third-order valence-corrected chi connectivity index (χ3v) is 7.89. The van der Waals surface area contributed by atoms with Crippen molar-refractivity contribution in [2.24, 2.45) is 23.0 Å². The van der Waals surface area contributed by atoms with E-state index in [9.17, 15) is 33.2 Å². The number of nitrogens with zero attached hydrogens (tertiary/aromatic N) is 1. The van der Waals surface area contributed by atoms with E-state index in [-0.39, 0.29) is 30.4 Å². The fourth-order valence-electron chi connectivity index (χ4n) is 5.44. The summed E-state index contributed by atoms with van der Waals surface area (Å²) in [7, 11) is 0. The molecule has 44 heavy (non-hydrogen) atoms. The van der Waals surface area contributed by atoms with Crippen molar-refractivity contribution in [3.05, 3.63) is 35.6 Å². The SMILES string of the molecule is CCCC(C)CC(NC(=O)C1CCCN1C(=O)C(NC(=O)NC(C(=O)c1ccc(F)cc1)C(C)C)C(C)(C)C)C(=O)C(N)=O. The predicted octanol–water partition coefficient (Wildman–Crippen LogP) is 3.10. The quantitative estimate of drug-likeness (QED) is 0.185. The van der Waals surface area contributed by atoms with Gasteiger partial charge in [-0.05, 0) is 60.8 Å². The lowest BCUT2D eigenvalue weighted by Gasteiger charge is -2.36. The van der Waals surface area contributed by atoms with E-state index in [0.29, 0.717) is 12.8 Å². The topological polar surface area (TPSA) is 168 Å². The number of Topliss-reactive ketones (excluding diaryl/α,β-unsaturated/α-hetero) is 2. The number of carbonyl (C=O) groups excluding carboxylic acids is 6. The molecule has 12 heteroatoms. The summed E-state index contributed by atoms with van der Waals surface area (Å²) < 4.78 is 13.4. The molecule has 1 fully saturated rings. The van der Waals surface area contributed by atoms with Crippen LogP contribution in [0.15, 0.2) is 24.3 Å². The van der Waals surface area contributed by atoms with Gasteiger partial charge in [0.25, 0.3) is 5.91 Å². The molecule has 11 nitrogen and oxygen atoms in total. The van der Waals surface area contributed by atoms with E-state index in [4.69, 9.17) is 5.73 Å². The third kappa shape index (κ3) is 9.85. The Morgan fingerprint density at radius 1 is 1.00 bits per heavy atom. The number of primary amides is 1. The number of urea groups is 1. The molecule has 5 N–H and O–H groups in total. The number of amides is 5. The summed E-state index contributed by atoms with van der Waals surface area (Å²) in [5.74, 6) is -4.25. The standard InChI is InChI=1S/C32H48FN5O6/c1-8-10-19(4)17-22(26(40)28(34)41)35-29(42)23-11-9-16-38(23)30(43)27(32(5,6)7)37-31(44)36-24(18(2)3)25(39)20-12-14-21(33)15-13-20/h12-15,18-19,22-24,27H,8-11,16-17H2,1-7H3,(H2,34,41)(H,35,42)(H2,36,37,44). The fourth-order valence-corrected chi connectivity index (χ4v) is 5.44. The molecule has 1 aliphatic heterocycles. The van der Waals surface area contributed by atoms with E-state index < -0.39 is 70.7 Å². The second-order valence-corrected chi connectivity index (χ2v) is 13.1. The van der Waals surface area contributed by atoms with Crippen LogP contribution in [0.3, 0.4) is 0 Å². The molecular weight excluding hydrogens is 569 g/mol. The summed E-state index contributed by atoms with van der Waals surface area (Å²) in [5.41, 5.74) is 4.70. The summed E-state index contributed by atoms with van der Waals surface area (Å²) in [6, 6.07) is 0.243. The van der Waals surface area contributed by atoms with E-state index in [1.807, 2.05) is 13.8 Å². The largest absolute Gasteiger partial charge is 0.363 e. The minimum Gasteiger partial charge on any atom is -0.363 e. The number of benzene rings is 1. The lowest BCUT2D eigenvalue weighted by Crippen LogP contribution is -2.61. The first-order chi connectivity index (χ1) is 20.5. The molecule has 5 atom stereocenters. The van der Waals surface area contributed by atoms with Crippen LogP contribution in [0.5, 0.6) is 0 Å². The van der Waals surface area contributed by atoms with E-state index in [2.05, 4.69) is 16.0 Å². The monoisotopic (exact) mass is 617 g/mol. The zero-order valence-corrected chi connectivity index (χ0v) is 26.9. The van der Waals surface area contributed by atoms with Crippen molar-refractivity contribution in [1.29, 1.82) is 0 Å². The molecule has 0 spiro atoms. The lowest BCUT2D eigenvalue weighted by molar-refractivity contribution is -0.143. The molecule has 1 aliphatic rings. The van der Waals surface area contributed by atoms with Crippen LogP contribution in [0.4, 0.5) is 9.18 Å². The van der Waals surface area contributed by atoms with Crippen molar-refractivity contribution < 1.29 is 33.2 Å². The maximum absolute atomic E-state index is 13.9. The van der Waals surface area contributed by atoms with Crippen molar-refractivity contribution in [3.63, 3.8) is 0 Å². The van der Waals surface area contributed by atoms with Gasteiger partial charge in [-0.1, -0.05) is 61.3 Å². The number of ketones is 2. The maximum Gasteiger partial charge on any atom is 0.316 e. The first kappa shape index (κ1) is 36.4. The van der Waals surface area contributed by atoms with Gasteiger partial charge in [0.05, 0.1) is 12.1 Å².